The molecule has 1 aliphatic rings. The van der Waals surface area contributed by atoms with E-state index in [4.69, 9.17) is 10.5 Å². The lowest BCUT2D eigenvalue weighted by Gasteiger charge is -2.31. The Bertz CT molecular complexity index is 405. The number of morpholine rings is 1. The highest BCUT2D eigenvalue weighted by Gasteiger charge is 2.27. The predicted octanol–water partition coefficient (Wildman–Crippen LogP) is 0.00330. The molecule has 1 aromatic heterocycles. The summed E-state index contributed by atoms with van der Waals surface area (Å²) < 4.78 is 5.19. The van der Waals surface area contributed by atoms with Crippen molar-refractivity contribution in [2.75, 3.05) is 19.7 Å². The van der Waals surface area contributed by atoms with Crippen molar-refractivity contribution in [3.63, 3.8) is 0 Å². The van der Waals surface area contributed by atoms with E-state index in [1.807, 2.05) is 16.8 Å². The zero-order valence-corrected chi connectivity index (χ0v) is 10.1. The highest BCUT2D eigenvalue weighted by Crippen LogP contribution is 2.11. The molecule has 2 heterocycles. The molecule has 2 N–H and O–H groups in total. The van der Waals surface area contributed by atoms with E-state index in [2.05, 4.69) is 0 Å². The maximum atomic E-state index is 12.0. The zero-order chi connectivity index (χ0) is 12.3. The average Bonchev–Trinajstić information content (AvgIpc) is 2.82. The van der Waals surface area contributed by atoms with Crippen molar-refractivity contribution in [1.82, 2.24) is 4.90 Å². The van der Waals surface area contributed by atoms with Gasteiger partial charge in [-0.05, 0) is 22.4 Å². The van der Waals surface area contributed by atoms with Gasteiger partial charge in [-0.25, -0.2) is 0 Å². The van der Waals surface area contributed by atoms with Crippen molar-refractivity contribution in [3.05, 3.63) is 22.4 Å². The van der Waals surface area contributed by atoms with Gasteiger partial charge in [0, 0.05) is 6.54 Å². The third-order valence-corrected chi connectivity index (χ3v) is 3.40. The van der Waals surface area contributed by atoms with Crippen LogP contribution in [0.3, 0.4) is 0 Å². The summed E-state index contributed by atoms with van der Waals surface area (Å²) in [4.78, 5) is 24.6. The molecule has 0 unspecified atom stereocenters. The molecule has 0 aromatic carbocycles. The second-order valence-corrected chi connectivity index (χ2v) is 4.69. The van der Waals surface area contributed by atoms with Gasteiger partial charge in [-0.1, -0.05) is 0 Å². The van der Waals surface area contributed by atoms with Crippen LogP contribution in [0.1, 0.15) is 5.56 Å². The highest BCUT2D eigenvalue weighted by atomic mass is 32.1. The number of carbonyl (C=O) groups is 2. The number of ether oxygens (including phenoxy) is 1. The summed E-state index contributed by atoms with van der Waals surface area (Å²) in [6, 6.07) is 1.93. The molecule has 0 aliphatic carbocycles. The molecular weight excluding hydrogens is 240 g/mol. The van der Waals surface area contributed by atoms with E-state index < -0.39 is 12.0 Å². The van der Waals surface area contributed by atoms with Crippen LogP contribution in [0.25, 0.3) is 0 Å². The van der Waals surface area contributed by atoms with Crippen molar-refractivity contribution in [2.24, 2.45) is 5.73 Å². The number of nitrogens with two attached hydrogens (primary N) is 1. The number of rotatable bonds is 3. The molecule has 0 spiro atoms. The molecule has 0 radical (unpaired) electrons. The van der Waals surface area contributed by atoms with Crippen LogP contribution in [0.2, 0.25) is 0 Å². The van der Waals surface area contributed by atoms with Crippen LogP contribution in [-0.4, -0.2) is 42.5 Å². The van der Waals surface area contributed by atoms with Crippen LogP contribution in [0.5, 0.6) is 0 Å². The normalized spacial score (nSPS) is 20.2. The smallest absolute Gasteiger partial charge is 0.248 e. The zero-order valence-electron chi connectivity index (χ0n) is 9.30. The fourth-order valence-electron chi connectivity index (χ4n) is 1.73. The first-order valence-electron chi connectivity index (χ1n) is 5.36. The number of carbonyl (C=O) groups excluding carboxylic acids is 2. The van der Waals surface area contributed by atoms with Crippen molar-refractivity contribution in [3.8, 4) is 0 Å². The van der Waals surface area contributed by atoms with Crippen molar-refractivity contribution in [2.45, 2.75) is 12.5 Å². The van der Waals surface area contributed by atoms with Gasteiger partial charge < -0.3 is 15.4 Å². The summed E-state index contributed by atoms with van der Waals surface area (Å²) in [5.41, 5.74) is 6.17. The Hall–Kier alpha value is -1.40. The molecule has 0 saturated carbocycles. The standard InChI is InChI=1S/C11H14N2O3S/c12-11(15)9-6-13(2-3-16-9)10(14)5-8-1-4-17-7-8/h1,4,7,9H,2-3,5-6H2,(H2,12,15)/t9-/m1/s1. The second-order valence-electron chi connectivity index (χ2n) is 3.91. The summed E-state index contributed by atoms with van der Waals surface area (Å²) in [5, 5.41) is 3.89. The maximum absolute atomic E-state index is 12.0. The summed E-state index contributed by atoms with van der Waals surface area (Å²) >= 11 is 1.56. The molecule has 0 bridgehead atoms. The first-order chi connectivity index (χ1) is 8.16. The first-order valence-corrected chi connectivity index (χ1v) is 6.31. The molecule has 1 fully saturated rings. The number of hydrogen-bond acceptors (Lipinski definition) is 4. The van der Waals surface area contributed by atoms with Gasteiger partial charge in [0.1, 0.15) is 0 Å². The quantitative estimate of drug-likeness (QED) is 0.825. The molecule has 6 heteroatoms. The van der Waals surface area contributed by atoms with E-state index in [1.165, 1.54) is 0 Å². The van der Waals surface area contributed by atoms with Gasteiger partial charge in [0.2, 0.25) is 11.8 Å². The Morgan fingerprint density at radius 3 is 3.06 bits per heavy atom. The topological polar surface area (TPSA) is 72.6 Å². The van der Waals surface area contributed by atoms with Gasteiger partial charge in [0.05, 0.1) is 19.6 Å². The lowest BCUT2D eigenvalue weighted by atomic mass is 10.2. The van der Waals surface area contributed by atoms with Gasteiger partial charge in [0.15, 0.2) is 6.10 Å². The van der Waals surface area contributed by atoms with Crippen LogP contribution in [0.4, 0.5) is 0 Å². The summed E-state index contributed by atoms with van der Waals surface area (Å²) in [5.74, 6) is -0.504. The maximum Gasteiger partial charge on any atom is 0.248 e. The number of thiophene rings is 1. The van der Waals surface area contributed by atoms with E-state index in [0.29, 0.717) is 19.6 Å². The predicted molar refractivity (Wildman–Crippen MR) is 63.5 cm³/mol. The Morgan fingerprint density at radius 1 is 1.59 bits per heavy atom. The van der Waals surface area contributed by atoms with Gasteiger partial charge in [-0.2, -0.15) is 11.3 Å². The molecule has 17 heavy (non-hydrogen) atoms. The summed E-state index contributed by atoms with van der Waals surface area (Å²) in [6.45, 7) is 1.15. The Morgan fingerprint density at radius 2 is 2.41 bits per heavy atom. The third kappa shape index (κ3) is 3.04. The van der Waals surface area contributed by atoms with Crippen molar-refractivity contribution < 1.29 is 14.3 Å². The highest BCUT2D eigenvalue weighted by molar-refractivity contribution is 7.07. The third-order valence-electron chi connectivity index (χ3n) is 2.67. The van der Waals surface area contributed by atoms with Gasteiger partial charge >= 0.3 is 0 Å². The monoisotopic (exact) mass is 254 g/mol. The molecular formula is C11H14N2O3S. The largest absolute Gasteiger partial charge is 0.367 e. The van der Waals surface area contributed by atoms with Crippen LogP contribution in [0, 0.1) is 0 Å². The van der Waals surface area contributed by atoms with E-state index >= 15 is 0 Å². The summed E-state index contributed by atoms with van der Waals surface area (Å²) in [7, 11) is 0. The van der Waals surface area contributed by atoms with Crippen molar-refractivity contribution in [1.29, 1.82) is 0 Å². The minimum absolute atomic E-state index is 0.0120. The van der Waals surface area contributed by atoms with Crippen LogP contribution >= 0.6 is 11.3 Å². The summed E-state index contributed by atoms with van der Waals surface area (Å²) in [6.07, 6.45) is -0.301. The van der Waals surface area contributed by atoms with Crippen LogP contribution in [0.15, 0.2) is 16.8 Å². The molecule has 1 aliphatic heterocycles. The van der Waals surface area contributed by atoms with E-state index in [0.717, 1.165) is 5.56 Å². The number of primary amides is 1. The lowest BCUT2D eigenvalue weighted by Crippen LogP contribution is -2.50. The van der Waals surface area contributed by atoms with E-state index in [9.17, 15) is 9.59 Å². The molecule has 1 saturated heterocycles. The lowest BCUT2D eigenvalue weighted by molar-refractivity contribution is -0.145. The Labute approximate surface area is 103 Å². The van der Waals surface area contributed by atoms with Gasteiger partial charge in [0.25, 0.3) is 0 Å². The van der Waals surface area contributed by atoms with Crippen LogP contribution in [-0.2, 0) is 20.7 Å². The molecule has 5 nitrogen and oxygen atoms in total. The fraction of sp³-hybridized carbons (Fsp3) is 0.455. The molecule has 2 amide bonds. The number of nitrogens with zero attached hydrogens (tertiary/aromatic N) is 1. The Balaban J connectivity index is 1.93. The minimum atomic E-state index is -0.671. The SMILES string of the molecule is NC(=O)[C@H]1CN(C(=O)Cc2ccsc2)CCO1. The molecule has 92 valence electrons. The molecule has 1 aromatic rings. The number of amides is 2. The average molecular weight is 254 g/mol. The van der Waals surface area contributed by atoms with Gasteiger partial charge in [-0.3, -0.25) is 9.59 Å². The minimum Gasteiger partial charge on any atom is -0.367 e. The number of hydrogen-bond donors (Lipinski definition) is 1. The van der Waals surface area contributed by atoms with E-state index in [-0.39, 0.29) is 12.5 Å². The Kier molecular flexibility index (Phi) is 3.75. The van der Waals surface area contributed by atoms with Gasteiger partial charge in [-0.15, -0.1) is 0 Å². The fourth-order valence-corrected chi connectivity index (χ4v) is 2.40. The van der Waals surface area contributed by atoms with E-state index in [1.54, 1.807) is 16.2 Å². The molecule has 2 rings (SSSR count). The van der Waals surface area contributed by atoms with Crippen molar-refractivity contribution >= 4 is 23.2 Å². The first kappa shape index (κ1) is 12.1. The molecule has 1 atom stereocenters. The second kappa shape index (κ2) is 5.29. The van der Waals surface area contributed by atoms with Crippen LogP contribution < -0.4 is 5.73 Å².